The molecule has 0 aliphatic carbocycles. The Balaban J connectivity index is 0.00000288. The first-order valence-electron chi connectivity index (χ1n) is 7.66. The van der Waals surface area contributed by atoms with Crippen molar-refractivity contribution < 1.29 is 17.9 Å². The number of hydrogen-bond acceptors (Lipinski definition) is 5. The van der Waals surface area contributed by atoms with Gasteiger partial charge in [0.25, 0.3) is 5.91 Å². The summed E-state index contributed by atoms with van der Waals surface area (Å²) in [5.41, 5.74) is 0.487. The molecule has 1 fully saturated rings. The minimum atomic E-state index is -3.53. The summed E-state index contributed by atoms with van der Waals surface area (Å²) in [7, 11) is -1.71. The topological polar surface area (TPSA) is 87.7 Å². The molecule has 0 aromatic heterocycles. The minimum Gasteiger partial charge on any atom is -0.378 e. The van der Waals surface area contributed by atoms with Gasteiger partial charge in [0.05, 0.1) is 18.1 Å². The Labute approximate surface area is 149 Å². The van der Waals surface area contributed by atoms with Gasteiger partial charge in [0, 0.05) is 25.2 Å². The van der Waals surface area contributed by atoms with Crippen molar-refractivity contribution in [3.63, 3.8) is 0 Å². The number of amides is 1. The van der Waals surface area contributed by atoms with Gasteiger partial charge in [0.2, 0.25) is 10.0 Å². The number of nitrogens with zero attached hydrogens (tertiary/aromatic N) is 1. The number of carbonyl (C=O) groups excluding carboxylic acids is 1. The second-order valence-corrected chi connectivity index (χ2v) is 7.05. The fourth-order valence-electron chi connectivity index (χ4n) is 2.28. The molecule has 1 amide bonds. The molecule has 0 radical (unpaired) electrons. The van der Waals surface area contributed by atoms with Crippen LogP contribution in [0.4, 0.5) is 0 Å². The highest BCUT2D eigenvalue weighted by Gasteiger charge is 2.19. The number of sulfonamides is 1. The summed E-state index contributed by atoms with van der Waals surface area (Å²) in [5, 5.41) is 2.96. The van der Waals surface area contributed by atoms with Crippen molar-refractivity contribution >= 4 is 28.3 Å². The van der Waals surface area contributed by atoms with Gasteiger partial charge in [-0.25, -0.2) is 13.1 Å². The number of morpholine rings is 1. The molecule has 9 heteroatoms. The molecule has 1 aliphatic rings. The molecule has 1 heterocycles. The highest BCUT2D eigenvalue weighted by Crippen LogP contribution is 2.13. The average molecular weight is 378 g/mol. The Bertz CT molecular complexity index is 616. The number of nitrogens with one attached hydrogen (secondary N) is 2. The van der Waals surface area contributed by atoms with Crippen LogP contribution in [0, 0.1) is 0 Å². The van der Waals surface area contributed by atoms with Crippen LogP contribution in [0.25, 0.3) is 0 Å². The molecule has 7 nitrogen and oxygen atoms in total. The second kappa shape index (κ2) is 9.95. The number of hydrogen-bond donors (Lipinski definition) is 2. The number of ether oxygens (including phenoxy) is 1. The van der Waals surface area contributed by atoms with E-state index in [2.05, 4.69) is 10.0 Å². The minimum absolute atomic E-state index is 0. The summed E-state index contributed by atoms with van der Waals surface area (Å²) in [5.74, 6) is -0.0979. The van der Waals surface area contributed by atoms with Crippen LogP contribution in [-0.2, 0) is 14.8 Å². The molecular formula is C15H24ClN3O4S. The summed E-state index contributed by atoms with van der Waals surface area (Å²) in [4.78, 5) is 14.2. The van der Waals surface area contributed by atoms with E-state index in [-0.39, 0.29) is 23.2 Å². The van der Waals surface area contributed by atoms with Gasteiger partial charge >= 0.3 is 0 Å². The Morgan fingerprint density at radius 2 is 1.79 bits per heavy atom. The maximum Gasteiger partial charge on any atom is 0.254 e. The van der Waals surface area contributed by atoms with Crippen molar-refractivity contribution in [2.45, 2.75) is 11.3 Å². The fraction of sp³-hybridized carbons (Fsp3) is 0.533. The first kappa shape index (κ1) is 20.9. The van der Waals surface area contributed by atoms with E-state index < -0.39 is 10.0 Å². The molecule has 2 N–H and O–H groups in total. The number of benzene rings is 1. The first-order valence-corrected chi connectivity index (χ1v) is 9.14. The van der Waals surface area contributed by atoms with Gasteiger partial charge in [-0.15, -0.1) is 12.4 Å². The summed E-state index contributed by atoms with van der Waals surface area (Å²) in [6.07, 6.45) is 0.712. The molecule has 0 saturated carbocycles. The molecule has 1 aromatic rings. The lowest BCUT2D eigenvalue weighted by Gasteiger charge is -2.26. The third kappa shape index (κ3) is 5.71. The zero-order chi connectivity index (χ0) is 16.7. The highest BCUT2D eigenvalue weighted by atomic mass is 35.5. The number of rotatable bonds is 7. The Hall–Kier alpha value is -1.19. The Kier molecular flexibility index (Phi) is 8.65. The zero-order valence-electron chi connectivity index (χ0n) is 13.7. The number of carbonyl (C=O) groups is 1. The summed E-state index contributed by atoms with van der Waals surface area (Å²) in [6, 6.07) is 6.04. The van der Waals surface area contributed by atoms with Gasteiger partial charge in [0.1, 0.15) is 0 Å². The lowest BCUT2D eigenvalue weighted by Crippen LogP contribution is -2.40. The summed E-state index contributed by atoms with van der Waals surface area (Å²) in [6.45, 7) is 3.31. The second-order valence-electron chi connectivity index (χ2n) is 5.28. The Morgan fingerprint density at radius 3 is 2.38 bits per heavy atom. The van der Waals surface area contributed by atoms with Gasteiger partial charge in [-0.2, -0.15) is 0 Å². The maximum absolute atomic E-state index is 12.3. The molecule has 0 atom stereocenters. The van der Waals surface area contributed by atoms with Gasteiger partial charge in [0.15, 0.2) is 0 Å². The lowest BCUT2D eigenvalue weighted by atomic mass is 10.2. The van der Waals surface area contributed by atoms with Crippen LogP contribution in [0.1, 0.15) is 16.8 Å². The molecule has 136 valence electrons. The molecular weight excluding hydrogens is 354 g/mol. The third-order valence-corrected chi connectivity index (χ3v) is 5.08. The molecule has 1 aliphatic heterocycles. The van der Waals surface area contributed by atoms with Crippen molar-refractivity contribution in [3.8, 4) is 0 Å². The van der Waals surface area contributed by atoms with E-state index in [1.54, 1.807) is 17.0 Å². The predicted octanol–water partition coefficient (Wildman–Crippen LogP) is 0.469. The summed E-state index contributed by atoms with van der Waals surface area (Å²) >= 11 is 0. The van der Waals surface area contributed by atoms with E-state index in [0.29, 0.717) is 44.8 Å². The monoisotopic (exact) mass is 377 g/mol. The zero-order valence-corrected chi connectivity index (χ0v) is 15.3. The quantitative estimate of drug-likeness (QED) is 0.674. The largest absolute Gasteiger partial charge is 0.378 e. The van der Waals surface area contributed by atoms with Crippen LogP contribution in [0.15, 0.2) is 29.2 Å². The Morgan fingerprint density at radius 1 is 1.17 bits per heavy atom. The van der Waals surface area contributed by atoms with Crippen LogP contribution in [0.5, 0.6) is 0 Å². The van der Waals surface area contributed by atoms with E-state index in [0.717, 1.165) is 6.54 Å². The first-order chi connectivity index (χ1) is 11.0. The van der Waals surface area contributed by atoms with Crippen LogP contribution < -0.4 is 10.0 Å². The van der Waals surface area contributed by atoms with E-state index in [9.17, 15) is 13.2 Å². The van der Waals surface area contributed by atoms with Crippen LogP contribution >= 0.6 is 12.4 Å². The van der Waals surface area contributed by atoms with Gasteiger partial charge < -0.3 is 15.0 Å². The van der Waals surface area contributed by atoms with Crippen LogP contribution in [0.3, 0.4) is 0 Å². The van der Waals surface area contributed by atoms with Crippen LogP contribution in [-0.4, -0.2) is 65.7 Å². The van der Waals surface area contributed by atoms with Crippen molar-refractivity contribution in [1.82, 2.24) is 14.9 Å². The van der Waals surface area contributed by atoms with E-state index in [4.69, 9.17) is 4.74 Å². The molecule has 0 bridgehead atoms. The number of halogens is 1. The van der Waals surface area contributed by atoms with Crippen LogP contribution in [0.2, 0.25) is 0 Å². The normalized spacial score (nSPS) is 15.0. The molecule has 1 saturated heterocycles. The fourth-order valence-corrected chi connectivity index (χ4v) is 3.35. The third-order valence-electron chi connectivity index (χ3n) is 3.61. The average Bonchev–Trinajstić information content (AvgIpc) is 2.59. The van der Waals surface area contributed by atoms with Gasteiger partial charge in [-0.05, 0) is 44.3 Å². The van der Waals surface area contributed by atoms with Crippen molar-refractivity contribution in [1.29, 1.82) is 0 Å². The van der Waals surface area contributed by atoms with E-state index in [1.165, 1.54) is 12.1 Å². The van der Waals surface area contributed by atoms with Crippen molar-refractivity contribution in [3.05, 3.63) is 29.8 Å². The molecule has 0 unspecified atom stereocenters. The molecule has 0 spiro atoms. The van der Waals surface area contributed by atoms with Gasteiger partial charge in [-0.1, -0.05) is 0 Å². The molecule has 2 rings (SSSR count). The van der Waals surface area contributed by atoms with Gasteiger partial charge in [-0.3, -0.25) is 4.79 Å². The predicted molar refractivity (Wildman–Crippen MR) is 94.1 cm³/mol. The standard InChI is InChI=1S/C15H23N3O4S.ClH/c1-16-7-2-8-17-23(20,21)14-5-3-13(4-6-14)15(19)18-9-11-22-12-10-18;/h3-6,16-17H,2,7-12H2,1H3;1H. The van der Waals surface area contributed by atoms with Crippen molar-refractivity contribution in [2.75, 3.05) is 46.4 Å². The SMILES string of the molecule is CNCCCNS(=O)(=O)c1ccc(C(=O)N2CCOCC2)cc1.Cl. The molecule has 1 aromatic carbocycles. The highest BCUT2D eigenvalue weighted by molar-refractivity contribution is 7.89. The lowest BCUT2D eigenvalue weighted by molar-refractivity contribution is 0.0303. The van der Waals surface area contributed by atoms with Crippen molar-refractivity contribution in [2.24, 2.45) is 0 Å². The van der Waals surface area contributed by atoms with E-state index in [1.807, 2.05) is 7.05 Å². The maximum atomic E-state index is 12.3. The molecule has 24 heavy (non-hydrogen) atoms. The summed E-state index contributed by atoms with van der Waals surface area (Å²) < 4.78 is 32.0. The smallest absolute Gasteiger partial charge is 0.254 e. The van der Waals surface area contributed by atoms with E-state index >= 15 is 0 Å².